The molecule has 59 heavy (non-hydrogen) atoms. The number of aromatic nitrogens is 4. The van der Waals surface area contributed by atoms with Gasteiger partial charge in [0.25, 0.3) is 14.1 Å². The molecule has 0 radical (unpaired) electrons. The summed E-state index contributed by atoms with van der Waals surface area (Å²) in [5.74, 6) is 0.859. The van der Waals surface area contributed by atoms with E-state index < -0.39 is 38.1 Å². The number of hydrogen-bond donors (Lipinski definition) is 2. The van der Waals surface area contributed by atoms with E-state index in [1.807, 2.05) is 66.7 Å². The molecule has 1 aliphatic rings. The molecule has 0 saturated carbocycles. The first-order valence-corrected chi connectivity index (χ1v) is 21.3. The largest absolute Gasteiger partial charge is 0.497 e. The van der Waals surface area contributed by atoms with Gasteiger partial charge in [-0.25, -0.2) is 9.65 Å². The molecule has 1 saturated heterocycles. The van der Waals surface area contributed by atoms with E-state index >= 15 is 0 Å². The molecule has 4 atom stereocenters. The molecule has 316 valence electrons. The second-order valence-corrected chi connectivity index (χ2v) is 16.8. The molecule has 14 nitrogen and oxygen atoms in total. The smallest absolute Gasteiger partial charge is 0.280 e. The van der Waals surface area contributed by atoms with Crippen LogP contribution in [-0.2, 0) is 28.9 Å². The van der Waals surface area contributed by atoms with Gasteiger partial charge in [0.2, 0.25) is 11.9 Å². The van der Waals surface area contributed by atoms with E-state index in [1.165, 1.54) is 0 Å². The van der Waals surface area contributed by atoms with Crippen molar-refractivity contribution in [3.8, 4) is 11.5 Å². The number of nitrogens with one attached hydrogen (secondary N) is 2. The van der Waals surface area contributed by atoms with Crippen LogP contribution in [-0.4, -0.2) is 81.8 Å². The van der Waals surface area contributed by atoms with Gasteiger partial charge in [0, 0.05) is 24.4 Å². The average molecular weight is 829 g/mol. The van der Waals surface area contributed by atoms with Gasteiger partial charge in [-0.3, -0.25) is 24.5 Å². The number of nitrogens with zero attached hydrogens (tertiary/aromatic N) is 4. The number of rotatable bonds is 19. The molecule has 2 aromatic heterocycles. The lowest BCUT2D eigenvalue weighted by atomic mass is 9.80. The monoisotopic (exact) mass is 828 g/mol. The number of H-pyrrole nitrogens is 1. The SMILES string of the molecule is CCCOP(O[C@H]1C[C@H](n2cnc3c(=O)[nH]c(NC(=O)C(C)C)nc32)O[C@@H]1COC(c1ccccc1)(c1ccc(OC)cc1)c1ccc(OC)cc1)N(C(C)C)C(C)C. The third-order valence-electron chi connectivity index (χ3n) is 10.2. The third-order valence-corrected chi connectivity index (χ3v) is 12.4. The minimum Gasteiger partial charge on any atom is -0.497 e. The molecule has 0 aliphatic carbocycles. The molecule has 0 spiro atoms. The normalized spacial score (nSPS) is 17.7. The summed E-state index contributed by atoms with van der Waals surface area (Å²) in [4.78, 5) is 37.5. The number of anilines is 1. The van der Waals surface area contributed by atoms with Crippen LogP contribution < -0.4 is 20.3 Å². The highest BCUT2D eigenvalue weighted by Crippen LogP contribution is 2.51. The topological polar surface area (TPSA) is 151 Å². The standard InChI is InChI=1S/C44H57N6O8P/c1-10-24-56-59(50(29(4)5)30(6)7)58-36-25-38(49-27-45-39-40(49)46-43(48-42(39)52)47-41(51)28(2)3)57-37(36)26-55-44(31-14-12-11-13-15-31,32-16-20-34(53-8)21-17-32)33-18-22-35(54-9)23-19-33/h11-23,27-30,36-38H,10,24-26H2,1-9H3,(H2,46,47,48,51,52)/t36-,37+,38+,59?/m0/s1. The van der Waals surface area contributed by atoms with Crippen molar-refractivity contribution in [3.05, 3.63) is 112 Å². The van der Waals surface area contributed by atoms with Gasteiger partial charge in [-0.2, -0.15) is 4.98 Å². The van der Waals surface area contributed by atoms with Crippen LogP contribution in [0.5, 0.6) is 11.5 Å². The quantitative estimate of drug-likeness (QED) is 0.0613. The van der Waals surface area contributed by atoms with Gasteiger partial charge in [0.1, 0.15) is 29.4 Å². The van der Waals surface area contributed by atoms with Gasteiger partial charge >= 0.3 is 0 Å². The summed E-state index contributed by atoms with van der Waals surface area (Å²) in [5, 5.41) is 2.71. The second-order valence-electron chi connectivity index (χ2n) is 15.3. The summed E-state index contributed by atoms with van der Waals surface area (Å²) in [6.45, 7) is 14.8. The van der Waals surface area contributed by atoms with Crippen molar-refractivity contribution >= 4 is 31.5 Å². The molecule has 5 aromatic rings. The van der Waals surface area contributed by atoms with Crippen molar-refractivity contribution in [1.82, 2.24) is 24.2 Å². The Morgan fingerprint density at radius 2 is 1.53 bits per heavy atom. The minimum absolute atomic E-state index is 0.0289. The van der Waals surface area contributed by atoms with Gasteiger partial charge in [-0.15, -0.1) is 0 Å². The maximum atomic E-state index is 13.2. The maximum Gasteiger partial charge on any atom is 0.280 e. The molecule has 2 N–H and O–H groups in total. The number of amides is 1. The van der Waals surface area contributed by atoms with Gasteiger partial charge in [-0.05, 0) is 75.1 Å². The Kier molecular flexibility index (Phi) is 14.6. The van der Waals surface area contributed by atoms with Crippen molar-refractivity contribution in [2.24, 2.45) is 5.92 Å². The highest BCUT2D eigenvalue weighted by Gasteiger charge is 2.45. The molecule has 0 bridgehead atoms. The highest BCUT2D eigenvalue weighted by molar-refractivity contribution is 7.44. The van der Waals surface area contributed by atoms with E-state index in [1.54, 1.807) is 39.0 Å². The van der Waals surface area contributed by atoms with Crippen LogP contribution in [0.25, 0.3) is 11.2 Å². The van der Waals surface area contributed by atoms with Gasteiger partial charge in [0.15, 0.2) is 11.2 Å². The Hall–Kier alpha value is -4.69. The molecule has 3 heterocycles. The number of methoxy groups -OCH3 is 2. The molecular weight excluding hydrogens is 771 g/mol. The summed E-state index contributed by atoms with van der Waals surface area (Å²) in [5.41, 5.74) is 1.45. The summed E-state index contributed by atoms with van der Waals surface area (Å²) >= 11 is 0. The number of fused-ring (bicyclic) bond motifs is 1. The number of carbonyl (C=O) groups is 1. The van der Waals surface area contributed by atoms with Crippen molar-refractivity contribution in [2.45, 2.75) is 97.4 Å². The number of hydrogen-bond acceptors (Lipinski definition) is 11. The van der Waals surface area contributed by atoms with Crippen LogP contribution in [0.2, 0.25) is 0 Å². The molecule has 3 aromatic carbocycles. The number of carbonyl (C=O) groups excluding carboxylic acids is 1. The third kappa shape index (κ3) is 9.70. The fourth-order valence-electron chi connectivity index (χ4n) is 7.28. The van der Waals surface area contributed by atoms with Crippen molar-refractivity contribution < 1.29 is 32.8 Å². The first-order valence-electron chi connectivity index (χ1n) is 20.2. The first kappa shape index (κ1) is 43.9. The molecular formula is C44H57N6O8P. The summed E-state index contributed by atoms with van der Waals surface area (Å²) in [6.07, 6.45) is 0.911. The minimum atomic E-state index is -1.54. The maximum absolute atomic E-state index is 13.2. The van der Waals surface area contributed by atoms with Crippen LogP contribution in [0.15, 0.2) is 90.0 Å². The number of imidazole rings is 1. The van der Waals surface area contributed by atoms with E-state index in [-0.39, 0.29) is 47.6 Å². The Bertz CT molecular complexity index is 2120. The van der Waals surface area contributed by atoms with Crippen LogP contribution in [0, 0.1) is 5.92 Å². The van der Waals surface area contributed by atoms with Gasteiger partial charge < -0.3 is 28.0 Å². The fraction of sp³-hybridized carbons (Fsp3) is 0.455. The lowest BCUT2D eigenvalue weighted by molar-refractivity contribution is -0.118. The van der Waals surface area contributed by atoms with Crippen molar-refractivity contribution in [1.29, 1.82) is 0 Å². The number of aromatic amines is 1. The van der Waals surface area contributed by atoms with E-state index in [2.05, 4.69) is 71.7 Å². The summed E-state index contributed by atoms with van der Waals surface area (Å²) in [6, 6.07) is 26.1. The first-order chi connectivity index (χ1) is 28.4. The van der Waals surface area contributed by atoms with Gasteiger partial charge in [-0.1, -0.05) is 75.4 Å². The Morgan fingerprint density at radius 1 is 0.932 bits per heavy atom. The predicted octanol–water partition coefficient (Wildman–Crippen LogP) is 8.19. The highest BCUT2D eigenvalue weighted by atomic mass is 31.2. The molecule has 1 unspecified atom stereocenters. The zero-order chi connectivity index (χ0) is 42.3. The van der Waals surface area contributed by atoms with Crippen LogP contribution in [0.1, 0.15) is 84.2 Å². The van der Waals surface area contributed by atoms with E-state index in [4.69, 9.17) is 28.0 Å². The van der Waals surface area contributed by atoms with E-state index in [0.717, 1.165) is 23.1 Å². The Labute approximate surface area is 347 Å². The lowest BCUT2D eigenvalue weighted by Crippen LogP contribution is -2.39. The molecule has 1 amide bonds. The average Bonchev–Trinajstić information content (AvgIpc) is 3.84. The summed E-state index contributed by atoms with van der Waals surface area (Å²) in [7, 11) is 1.75. The van der Waals surface area contributed by atoms with Gasteiger partial charge in [0.05, 0.1) is 39.9 Å². The number of benzene rings is 3. The zero-order valence-electron chi connectivity index (χ0n) is 35.4. The van der Waals surface area contributed by atoms with E-state index in [0.29, 0.717) is 24.5 Å². The summed E-state index contributed by atoms with van der Waals surface area (Å²) < 4.78 is 43.0. The Morgan fingerprint density at radius 3 is 2.07 bits per heavy atom. The molecule has 1 fully saturated rings. The molecule has 1 aliphatic heterocycles. The van der Waals surface area contributed by atoms with Crippen LogP contribution in [0.3, 0.4) is 0 Å². The number of ether oxygens (including phenoxy) is 4. The van der Waals surface area contributed by atoms with Crippen molar-refractivity contribution in [2.75, 3.05) is 32.8 Å². The van der Waals surface area contributed by atoms with Crippen LogP contribution in [0.4, 0.5) is 5.95 Å². The fourth-order valence-corrected chi connectivity index (χ4v) is 9.13. The molecule has 6 rings (SSSR count). The second kappa shape index (κ2) is 19.6. The predicted molar refractivity (Wildman–Crippen MR) is 229 cm³/mol. The lowest BCUT2D eigenvalue weighted by Gasteiger charge is -2.39. The van der Waals surface area contributed by atoms with Crippen LogP contribution >= 0.6 is 8.53 Å². The Balaban J connectivity index is 1.44. The van der Waals surface area contributed by atoms with Crippen molar-refractivity contribution in [3.63, 3.8) is 0 Å². The molecule has 15 heteroatoms. The zero-order valence-corrected chi connectivity index (χ0v) is 36.3. The van der Waals surface area contributed by atoms with E-state index in [9.17, 15) is 9.59 Å².